The zero-order valence-electron chi connectivity index (χ0n) is 21.7. The average molecular weight is 522 g/mol. The second-order valence-electron chi connectivity index (χ2n) is 11.5. The molecule has 1 aromatic carbocycles. The van der Waals surface area contributed by atoms with Crippen LogP contribution in [0, 0.1) is 17.3 Å². The van der Waals surface area contributed by atoms with E-state index in [2.05, 4.69) is 22.1 Å². The number of fused-ring (bicyclic) bond motifs is 4. The van der Waals surface area contributed by atoms with Crippen molar-refractivity contribution in [1.29, 1.82) is 0 Å². The number of carbonyl (C=O) groups excluding carboxylic acids is 1. The van der Waals surface area contributed by atoms with Gasteiger partial charge in [0, 0.05) is 42.4 Å². The lowest BCUT2D eigenvalue weighted by atomic mass is 9.68. The van der Waals surface area contributed by atoms with Crippen LogP contribution in [-0.4, -0.2) is 66.4 Å². The number of rotatable bonds is 6. The zero-order chi connectivity index (χ0) is 26.4. The number of halogens is 3. The number of H-pyrrole nitrogens is 1. The summed E-state index contributed by atoms with van der Waals surface area (Å²) in [5.41, 5.74) is 1.83. The van der Waals surface area contributed by atoms with Crippen molar-refractivity contribution in [2.75, 3.05) is 39.5 Å². The van der Waals surface area contributed by atoms with E-state index in [1.807, 2.05) is 0 Å². The molecule has 2 aromatic rings. The quantitative estimate of drug-likeness (QED) is 0.524. The summed E-state index contributed by atoms with van der Waals surface area (Å²) >= 11 is 0. The Hall–Kier alpha value is -2.10. The monoisotopic (exact) mass is 521 g/mol. The average Bonchev–Trinajstić information content (AvgIpc) is 3.25. The number of hydrogen-bond acceptors (Lipinski definition) is 4. The van der Waals surface area contributed by atoms with Crippen molar-refractivity contribution in [2.45, 2.75) is 64.1 Å². The molecule has 5 rings (SSSR count). The first kappa shape index (κ1) is 26.5. The van der Waals surface area contributed by atoms with E-state index < -0.39 is 17.2 Å². The molecular weight excluding hydrogens is 483 g/mol. The van der Waals surface area contributed by atoms with Crippen molar-refractivity contribution in [2.24, 2.45) is 17.3 Å². The molecule has 3 aliphatic rings. The smallest absolute Gasteiger partial charge is 0.394 e. The lowest BCUT2D eigenvalue weighted by molar-refractivity contribution is -0.139. The highest BCUT2D eigenvalue weighted by atomic mass is 19.4. The molecule has 37 heavy (non-hydrogen) atoms. The summed E-state index contributed by atoms with van der Waals surface area (Å²) in [6.45, 7) is 7.65. The number of aromatic nitrogens is 1. The molecule has 204 valence electrons. The second-order valence-corrected chi connectivity index (χ2v) is 11.5. The number of benzene rings is 1. The van der Waals surface area contributed by atoms with Gasteiger partial charge in [-0.25, -0.2) is 0 Å². The molecule has 6 nitrogen and oxygen atoms in total. The number of aromatic amines is 1. The maximum absolute atomic E-state index is 13.4. The van der Waals surface area contributed by atoms with E-state index in [-0.39, 0.29) is 24.5 Å². The van der Waals surface area contributed by atoms with Crippen molar-refractivity contribution in [3.8, 4) is 0 Å². The summed E-state index contributed by atoms with van der Waals surface area (Å²) < 4.78 is 45.8. The molecule has 0 unspecified atom stereocenters. The number of nitrogens with one attached hydrogen (secondary N) is 2. The van der Waals surface area contributed by atoms with Gasteiger partial charge in [-0.3, -0.25) is 4.79 Å². The molecule has 4 atom stereocenters. The van der Waals surface area contributed by atoms with E-state index in [0.717, 1.165) is 61.7 Å². The van der Waals surface area contributed by atoms with E-state index in [1.165, 1.54) is 6.07 Å². The largest absolute Gasteiger partial charge is 0.416 e. The maximum Gasteiger partial charge on any atom is 0.416 e. The van der Waals surface area contributed by atoms with Crippen molar-refractivity contribution in [1.82, 2.24) is 15.2 Å². The molecule has 3 N–H and O–H groups in total. The molecule has 0 saturated carbocycles. The summed E-state index contributed by atoms with van der Waals surface area (Å²) in [6, 6.07) is 3.75. The molecule has 0 spiro atoms. The van der Waals surface area contributed by atoms with Gasteiger partial charge in [-0.05, 0) is 93.6 Å². The van der Waals surface area contributed by atoms with Crippen LogP contribution in [0.25, 0.3) is 10.9 Å². The first-order valence-corrected chi connectivity index (χ1v) is 13.5. The predicted octanol–water partition coefficient (Wildman–Crippen LogP) is 4.47. The summed E-state index contributed by atoms with van der Waals surface area (Å²) in [5, 5.41) is 13.1. The van der Waals surface area contributed by atoms with Crippen LogP contribution >= 0.6 is 0 Å². The Bertz CT molecular complexity index is 1130. The van der Waals surface area contributed by atoms with Crippen LogP contribution in [0.1, 0.15) is 62.3 Å². The standard InChI is InChI=1S/C28H38F3N3O3/c1-17(16-35)32-26(36)27(7-11-37-12-8-27)6-10-34-9-5-19-13-24-25(18(2)22(19)15-34)21-14-20(28(29,30)31)3-4-23(21)33-24/h3-4,14,17-19,22,33,35H,5-13,15-16H2,1-2H3,(H,32,36)/t17-,18+,19+,22+/m0/s1. The van der Waals surface area contributed by atoms with Gasteiger partial charge >= 0.3 is 6.18 Å². The Morgan fingerprint density at radius 1 is 1.32 bits per heavy atom. The SMILES string of the molecule is C[C@@H](CO)NC(=O)C1(CCN2CC[C@@H]3Cc4[nH]c5ccc(C(F)(F)F)cc5c4[C@H](C)[C@H]3C2)CCOCC1. The molecular formula is C28H38F3N3O3. The Balaban J connectivity index is 1.31. The molecule has 1 amide bonds. The first-order valence-electron chi connectivity index (χ1n) is 13.5. The van der Waals surface area contributed by atoms with E-state index in [4.69, 9.17) is 4.74 Å². The summed E-state index contributed by atoms with van der Waals surface area (Å²) in [6.07, 6.45) is -0.360. The summed E-state index contributed by atoms with van der Waals surface area (Å²) in [5.74, 6) is 1.02. The fourth-order valence-corrected chi connectivity index (χ4v) is 6.87. The fourth-order valence-electron chi connectivity index (χ4n) is 6.87. The van der Waals surface area contributed by atoms with Crippen molar-refractivity contribution in [3.05, 3.63) is 35.0 Å². The van der Waals surface area contributed by atoms with Gasteiger partial charge in [0.2, 0.25) is 5.91 Å². The van der Waals surface area contributed by atoms with E-state index in [9.17, 15) is 23.1 Å². The number of hydrogen-bond donors (Lipinski definition) is 3. The van der Waals surface area contributed by atoms with Gasteiger partial charge in [0.15, 0.2) is 0 Å². The van der Waals surface area contributed by atoms with Crippen LogP contribution in [0.4, 0.5) is 13.2 Å². The molecule has 2 fully saturated rings. The van der Waals surface area contributed by atoms with Gasteiger partial charge < -0.3 is 25.0 Å². The van der Waals surface area contributed by atoms with Crippen LogP contribution in [0.15, 0.2) is 18.2 Å². The van der Waals surface area contributed by atoms with Crippen molar-refractivity contribution in [3.63, 3.8) is 0 Å². The molecule has 1 aromatic heterocycles. The molecule has 0 radical (unpaired) electrons. The Morgan fingerprint density at radius 3 is 2.78 bits per heavy atom. The minimum atomic E-state index is -4.36. The molecule has 2 aliphatic heterocycles. The van der Waals surface area contributed by atoms with Crippen LogP contribution in [0.2, 0.25) is 0 Å². The topological polar surface area (TPSA) is 77.6 Å². The second kappa shape index (κ2) is 10.2. The highest BCUT2D eigenvalue weighted by Gasteiger charge is 2.43. The number of aliphatic hydroxyl groups is 1. The number of piperidine rings is 1. The van der Waals surface area contributed by atoms with Gasteiger partial charge in [-0.15, -0.1) is 0 Å². The third kappa shape index (κ3) is 5.14. The highest BCUT2D eigenvalue weighted by molar-refractivity contribution is 5.86. The normalized spacial score (nSPS) is 26.9. The number of aliphatic hydroxyl groups excluding tert-OH is 1. The molecule has 3 heterocycles. The minimum absolute atomic E-state index is 0.00201. The Morgan fingerprint density at radius 2 is 2.08 bits per heavy atom. The minimum Gasteiger partial charge on any atom is -0.394 e. The molecule has 2 saturated heterocycles. The van der Waals surface area contributed by atoms with Crippen LogP contribution in [0.3, 0.4) is 0 Å². The van der Waals surface area contributed by atoms with Crippen LogP contribution in [0.5, 0.6) is 0 Å². The maximum atomic E-state index is 13.4. The van der Waals surface area contributed by atoms with E-state index in [1.54, 1.807) is 13.0 Å². The third-order valence-corrected chi connectivity index (χ3v) is 9.19. The van der Waals surface area contributed by atoms with Gasteiger partial charge in [0.05, 0.1) is 17.6 Å². The third-order valence-electron chi connectivity index (χ3n) is 9.19. The summed E-state index contributed by atoms with van der Waals surface area (Å²) in [4.78, 5) is 19.1. The zero-order valence-corrected chi connectivity index (χ0v) is 21.7. The van der Waals surface area contributed by atoms with Gasteiger partial charge in [-0.2, -0.15) is 13.2 Å². The highest BCUT2D eigenvalue weighted by Crippen LogP contribution is 2.47. The first-order chi connectivity index (χ1) is 17.6. The lowest BCUT2D eigenvalue weighted by Crippen LogP contribution is -2.51. The summed E-state index contributed by atoms with van der Waals surface area (Å²) in [7, 11) is 0. The van der Waals surface area contributed by atoms with Crippen LogP contribution < -0.4 is 5.32 Å². The van der Waals surface area contributed by atoms with Crippen molar-refractivity contribution >= 4 is 16.8 Å². The van der Waals surface area contributed by atoms with Crippen LogP contribution in [-0.2, 0) is 22.1 Å². The van der Waals surface area contributed by atoms with E-state index >= 15 is 0 Å². The van der Waals surface area contributed by atoms with Crippen molar-refractivity contribution < 1.29 is 27.8 Å². The number of carbonyl (C=O) groups is 1. The fraction of sp³-hybridized carbons (Fsp3) is 0.679. The Kier molecular flexibility index (Phi) is 7.33. The lowest BCUT2D eigenvalue weighted by Gasteiger charge is -2.45. The number of ether oxygens (including phenoxy) is 1. The van der Waals surface area contributed by atoms with Gasteiger partial charge in [0.1, 0.15) is 0 Å². The molecule has 9 heteroatoms. The number of likely N-dealkylation sites (tertiary alicyclic amines) is 1. The molecule has 1 aliphatic carbocycles. The molecule has 0 bridgehead atoms. The van der Waals surface area contributed by atoms with E-state index in [0.29, 0.717) is 43.3 Å². The van der Waals surface area contributed by atoms with Gasteiger partial charge in [0.25, 0.3) is 0 Å². The Labute approximate surface area is 215 Å². The number of nitrogens with zero attached hydrogens (tertiary/aromatic N) is 1. The number of amides is 1. The van der Waals surface area contributed by atoms with Gasteiger partial charge in [-0.1, -0.05) is 6.92 Å². The predicted molar refractivity (Wildman–Crippen MR) is 135 cm³/mol. The number of alkyl halides is 3.